The van der Waals surface area contributed by atoms with Gasteiger partial charge in [0, 0.05) is 39.4 Å². The van der Waals surface area contributed by atoms with Gasteiger partial charge in [-0.2, -0.15) is 0 Å². The number of rotatable bonds is 7. The van der Waals surface area contributed by atoms with Gasteiger partial charge in [0.25, 0.3) is 0 Å². The summed E-state index contributed by atoms with van der Waals surface area (Å²) in [5.74, 6) is 1.06. The van der Waals surface area contributed by atoms with E-state index in [0.717, 1.165) is 63.3 Å². The summed E-state index contributed by atoms with van der Waals surface area (Å²) in [6, 6.07) is 76.2. The van der Waals surface area contributed by atoms with Gasteiger partial charge in [-0.15, -0.1) is 0 Å². The minimum Gasteiger partial charge on any atom is -0.307 e. The number of aromatic nitrogens is 2. The molecule has 1 aliphatic heterocycles. The molecule has 0 bridgehead atoms. The molecular formula is C61H46N4. The van der Waals surface area contributed by atoms with Gasteiger partial charge in [0.1, 0.15) is 0 Å². The lowest BCUT2D eigenvalue weighted by Crippen LogP contribution is -2.39. The fourth-order valence-electron chi connectivity index (χ4n) is 10.5. The van der Waals surface area contributed by atoms with E-state index in [9.17, 15) is 0 Å². The summed E-state index contributed by atoms with van der Waals surface area (Å²) in [6.45, 7) is 4.60. The number of aliphatic imine (C=N–C) groups is 2. The van der Waals surface area contributed by atoms with E-state index in [1.807, 2.05) is 0 Å². The van der Waals surface area contributed by atoms with Crippen molar-refractivity contribution in [1.82, 2.24) is 9.55 Å². The lowest BCUT2D eigenvalue weighted by atomic mass is 9.80. The van der Waals surface area contributed by atoms with Crippen molar-refractivity contribution in [2.24, 2.45) is 15.9 Å². The van der Waals surface area contributed by atoms with Crippen LogP contribution in [-0.2, 0) is 5.54 Å². The van der Waals surface area contributed by atoms with E-state index in [1.165, 1.54) is 60.1 Å². The van der Waals surface area contributed by atoms with Gasteiger partial charge in [-0.05, 0) is 87.4 Å². The molecule has 12 rings (SSSR count). The number of amidine groups is 1. The molecule has 2 aromatic heterocycles. The van der Waals surface area contributed by atoms with Crippen LogP contribution in [0.15, 0.2) is 222 Å². The number of para-hydroxylation sites is 2. The standard InChI is InChI=1S/C61H46N4/c1-40-38-52(48-24-12-13-25-49(48)56(40)60-63-54(44-18-6-3-7-19-44)39-61(2,64-60)46-22-10-5-11-23-46)43-32-30-41(31-33-43)42-34-36-47(37-35-42)65-55-29-17-15-27-51(55)57-50-26-14-16-28-53(50)62-58(59(57)65)45-20-8-4-9-21-45/h3-37,40H,38-39H2,1-2H3. The largest absolute Gasteiger partial charge is 0.307 e. The van der Waals surface area contributed by atoms with E-state index >= 15 is 0 Å². The Kier molecular flexibility index (Phi) is 9.34. The highest BCUT2D eigenvalue weighted by Gasteiger charge is 2.35. The number of hydrogen-bond donors (Lipinski definition) is 0. The highest BCUT2D eigenvalue weighted by molar-refractivity contribution is 6.25. The normalized spacial score (nSPS) is 17.3. The summed E-state index contributed by atoms with van der Waals surface area (Å²) in [5.41, 5.74) is 15.7. The van der Waals surface area contributed by atoms with E-state index in [2.05, 4.69) is 231 Å². The van der Waals surface area contributed by atoms with Gasteiger partial charge in [-0.1, -0.05) is 195 Å². The molecule has 1 aliphatic carbocycles. The van der Waals surface area contributed by atoms with Crippen LogP contribution in [0.25, 0.3) is 71.9 Å². The zero-order chi connectivity index (χ0) is 43.5. The Bertz CT molecular complexity index is 3640. The molecule has 310 valence electrons. The minimum absolute atomic E-state index is 0.209. The van der Waals surface area contributed by atoms with Crippen LogP contribution in [0.4, 0.5) is 0 Å². The molecule has 0 saturated heterocycles. The van der Waals surface area contributed by atoms with E-state index in [4.69, 9.17) is 15.0 Å². The maximum atomic E-state index is 5.54. The van der Waals surface area contributed by atoms with Crippen LogP contribution < -0.4 is 10.4 Å². The predicted octanol–water partition coefficient (Wildman–Crippen LogP) is 13.3. The molecule has 2 aliphatic rings. The zero-order valence-corrected chi connectivity index (χ0v) is 36.5. The summed E-state index contributed by atoms with van der Waals surface area (Å²) >= 11 is 0. The quantitative estimate of drug-likeness (QED) is 0.158. The van der Waals surface area contributed by atoms with Crippen molar-refractivity contribution in [1.29, 1.82) is 0 Å². The first kappa shape index (κ1) is 38.7. The Balaban J connectivity index is 0.940. The van der Waals surface area contributed by atoms with E-state index < -0.39 is 5.54 Å². The van der Waals surface area contributed by atoms with E-state index in [0.29, 0.717) is 0 Å². The fraction of sp³-hybridized carbons (Fsp3) is 0.0984. The highest BCUT2D eigenvalue weighted by Crippen LogP contribution is 2.42. The van der Waals surface area contributed by atoms with Crippen molar-refractivity contribution >= 4 is 55.4 Å². The molecule has 0 spiro atoms. The first-order valence-electron chi connectivity index (χ1n) is 22.7. The Morgan fingerprint density at radius 2 is 1.09 bits per heavy atom. The average molecular weight is 835 g/mol. The van der Waals surface area contributed by atoms with Gasteiger partial charge in [0.05, 0.1) is 33.5 Å². The summed E-state index contributed by atoms with van der Waals surface area (Å²) in [7, 11) is 0. The molecule has 0 saturated carbocycles. The van der Waals surface area contributed by atoms with Crippen molar-refractivity contribution in [3.63, 3.8) is 0 Å². The molecule has 3 heterocycles. The number of benzene rings is 8. The van der Waals surface area contributed by atoms with Crippen molar-refractivity contribution < 1.29 is 0 Å². The maximum Gasteiger partial charge on any atom is 0.152 e. The van der Waals surface area contributed by atoms with Crippen LogP contribution in [0.5, 0.6) is 0 Å². The molecule has 0 amide bonds. The van der Waals surface area contributed by atoms with Gasteiger partial charge in [-0.3, -0.25) is 4.99 Å². The molecule has 2 atom stereocenters. The summed E-state index contributed by atoms with van der Waals surface area (Å²) < 4.78 is 2.40. The van der Waals surface area contributed by atoms with Crippen molar-refractivity contribution in [2.75, 3.05) is 0 Å². The molecule has 4 nitrogen and oxygen atoms in total. The second-order valence-corrected chi connectivity index (χ2v) is 17.8. The van der Waals surface area contributed by atoms with Crippen LogP contribution in [0.2, 0.25) is 0 Å². The number of nitrogens with zero attached hydrogens (tertiary/aromatic N) is 4. The SMILES string of the molecule is CC1CC(c2ccc(-c3ccc(-n4c5ccccc5c5c6ccccc6nc(-c6ccccc6)c54)cc3)cc2)=c2ccccc2=C1C1=NC(C)(c2ccccc2)CC(c2ccccc2)=N1. The van der Waals surface area contributed by atoms with Crippen LogP contribution >= 0.6 is 0 Å². The lowest BCUT2D eigenvalue weighted by Gasteiger charge is -2.33. The Labute approximate surface area is 379 Å². The Morgan fingerprint density at radius 3 is 1.82 bits per heavy atom. The van der Waals surface area contributed by atoms with Crippen molar-refractivity contribution in [2.45, 2.75) is 32.2 Å². The van der Waals surface area contributed by atoms with Crippen LogP contribution in [0.3, 0.4) is 0 Å². The van der Waals surface area contributed by atoms with Gasteiger partial charge in [0.15, 0.2) is 5.84 Å². The van der Waals surface area contributed by atoms with Crippen LogP contribution in [0.1, 0.15) is 43.4 Å². The average Bonchev–Trinajstić information content (AvgIpc) is 3.72. The smallest absolute Gasteiger partial charge is 0.152 e. The van der Waals surface area contributed by atoms with Gasteiger partial charge in [0.2, 0.25) is 0 Å². The molecule has 10 aromatic rings. The van der Waals surface area contributed by atoms with Crippen molar-refractivity contribution in [3.8, 4) is 28.1 Å². The number of hydrogen-bond acceptors (Lipinski definition) is 3. The third-order valence-electron chi connectivity index (χ3n) is 13.6. The van der Waals surface area contributed by atoms with Gasteiger partial charge in [-0.25, -0.2) is 9.98 Å². The lowest BCUT2D eigenvalue weighted by molar-refractivity contribution is 0.514. The van der Waals surface area contributed by atoms with Crippen LogP contribution in [0, 0.1) is 5.92 Å². The second kappa shape index (κ2) is 15.7. The molecule has 0 N–H and O–H groups in total. The first-order chi connectivity index (χ1) is 32.0. The van der Waals surface area contributed by atoms with E-state index in [-0.39, 0.29) is 5.92 Å². The monoisotopic (exact) mass is 834 g/mol. The molecule has 0 radical (unpaired) electrons. The zero-order valence-electron chi connectivity index (χ0n) is 36.5. The first-order valence-corrected chi connectivity index (χ1v) is 22.7. The molecule has 65 heavy (non-hydrogen) atoms. The topological polar surface area (TPSA) is 42.5 Å². The second-order valence-electron chi connectivity index (χ2n) is 17.8. The number of pyridine rings is 1. The molecule has 0 fully saturated rings. The predicted molar refractivity (Wildman–Crippen MR) is 271 cm³/mol. The highest BCUT2D eigenvalue weighted by atomic mass is 15.0. The summed E-state index contributed by atoms with van der Waals surface area (Å²) in [6.07, 6.45) is 1.64. The van der Waals surface area contributed by atoms with Gasteiger partial charge < -0.3 is 4.57 Å². The third kappa shape index (κ3) is 6.64. The molecule has 8 aromatic carbocycles. The summed E-state index contributed by atoms with van der Waals surface area (Å²) in [4.78, 5) is 16.2. The Morgan fingerprint density at radius 1 is 0.523 bits per heavy atom. The minimum atomic E-state index is -0.441. The third-order valence-corrected chi connectivity index (χ3v) is 13.6. The number of fused-ring (bicyclic) bond motifs is 6. The Hall–Kier alpha value is -7.95. The van der Waals surface area contributed by atoms with E-state index in [1.54, 1.807) is 0 Å². The molecule has 2 unspecified atom stereocenters. The fourth-order valence-corrected chi connectivity index (χ4v) is 10.5. The van der Waals surface area contributed by atoms with Crippen molar-refractivity contribution in [3.05, 3.63) is 239 Å². The molecular weight excluding hydrogens is 789 g/mol. The van der Waals surface area contributed by atoms with Crippen LogP contribution in [-0.4, -0.2) is 21.1 Å². The van der Waals surface area contributed by atoms with Gasteiger partial charge >= 0.3 is 0 Å². The molecule has 4 heteroatoms. The maximum absolute atomic E-state index is 5.54. The summed E-state index contributed by atoms with van der Waals surface area (Å²) in [5, 5.41) is 6.09.